The largest absolute Gasteiger partial charge is 0.454 e. The SMILES string of the molecule is Cc1ccc2c(-c3oc4ccccc4c3N)cc(=O)oc2c1C. The number of nitrogen functional groups attached to an aromatic ring is 1. The summed E-state index contributed by atoms with van der Waals surface area (Å²) < 4.78 is 11.3. The van der Waals surface area contributed by atoms with Crippen molar-refractivity contribution in [3.05, 3.63) is 64.0 Å². The molecule has 2 aromatic carbocycles. The van der Waals surface area contributed by atoms with Gasteiger partial charge in [-0.1, -0.05) is 24.3 Å². The molecule has 23 heavy (non-hydrogen) atoms. The van der Waals surface area contributed by atoms with Gasteiger partial charge in [0.05, 0.1) is 5.69 Å². The van der Waals surface area contributed by atoms with Crippen LogP contribution in [0.15, 0.2) is 56.1 Å². The molecule has 4 nitrogen and oxygen atoms in total. The number of aryl methyl sites for hydroxylation is 2. The molecule has 0 amide bonds. The molecule has 0 saturated heterocycles. The molecular weight excluding hydrogens is 290 g/mol. The van der Waals surface area contributed by atoms with Crippen LogP contribution in [0.4, 0.5) is 5.69 Å². The third kappa shape index (κ3) is 1.95. The van der Waals surface area contributed by atoms with Gasteiger partial charge in [0.15, 0.2) is 5.76 Å². The van der Waals surface area contributed by atoms with E-state index in [-0.39, 0.29) is 0 Å². The highest BCUT2D eigenvalue weighted by Gasteiger charge is 2.18. The minimum Gasteiger partial charge on any atom is -0.454 e. The summed E-state index contributed by atoms with van der Waals surface area (Å²) in [5.74, 6) is 0.507. The zero-order valence-electron chi connectivity index (χ0n) is 12.8. The molecule has 0 fully saturated rings. The second kappa shape index (κ2) is 4.74. The average Bonchev–Trinajstić information content (AvgIpc) is 2.88. The number of fused-ring (bicyclic) bond motifs is 2. The second-order valence-electron chi connectivity index (χ2n) is 5.70. The summed E-state index contributed by atoms with van der Waals surface area (Å²) in [7, 11) is 0. The highest BCUT2D eigenvalue weighted by atomic mass is 16.4. The third-order valence-electron chi connectivity index (χ3n) is 4.31. The molecule has 2 heterocycles. The molecule has 0 spiro atoms. The van der Waals surface area contributed by atoms with E-state index in [4.69, 9.17) is 14.6 Å². The topological polar surface area (TPSA) is 69.4 Å². The van der Waals surface area contributed by atoms with Gasteiger partial charge in [-0.3, -0.25) is 0 Å². The summed E-state index contributed by atoms with van der Waals surface area (Å²) >= 11 is 0. The maximum atomic E-state index is 12.0. The first-order valence-corrected chi connectivity index (χ1v) is 7.37. The van der Waals surface area contributed by atoms with Gasteiger partial charge in [-0.05, 0) is 37.1 Å². The Bertz CT molecular complexity index is 1120. The van der Waals surface area contributed by atoms with Crippen LogP contribution in [0.5, 0.6) is 0 Å². The van der Waals surface area contributed by atoms with Crippen molar-refractivity contribution in [2.75, 3.05) is 5.73 Å². The molecule has 0 aliphatic carbocycles. The van der Waals surface area contributed by atoms with Gasteiger partial charge in [0.2, 0.25) is 0 Å². The van der Waals surface area contributed by atoms with Crippen molar-refractivity contribution in [3.8, 4) is 11.3 Å². The number of hydrogen-bond acceptors (Lipinski definition) is 4. The van der Waals surface area contributed by atoms with E-state index in [1.165, 1.54) is 6.07 Å². The van der Waals surface area contributed by atoms with Crippen LogP contribution in [-0.4, -0.2) is 0 Å². The molecule has 0 atom stereocenters. The highest BCUT2D eigenvalue weighted by Crippen LogP contribution is 2.39. The van der Waals surface area contributed by atoms with Gasteiger partial charge in [-0.25, -0.2) is 4.79 Å². The van der Waals surface area contributed by atoms with Crippen molar-refractivity contribution in [1.29, 1.82) is 0 Å². The Morgan fingerprint density at radius 1 is 0.957 bits per heavy atom. The molecule has 0 saturated carbocycles. The van der Waals surface area contributed by atoms with Crippen molar-refractivity contribution in [2.45, 2.75) is 13.8 Å². The second-order valence-corrected chi connectivity index (χ2v) is 5.70. The summed E-state index contributed by atoms with van der Waals surface area (Å²) in [4.78, 5) is 12.0. The molecule has 0 aliphatic rings. The van der Waals surface area contributed by atoms with Gasteiger partial charge < -0.3 is 14.6 Å². The van der Waals surface area contributed by atoms with E-state index in [2.05, 4.69) is 0 Å². The fraction of sp³-hybridized carbons (Fsp3) is 0.105. The van der Waals surface area contributed by atoms with Crippen LogP contribution < -0.4 is 11.4 Å². The zero-order valence-corrected chi connectivity index (χ0v) is 12.8. The molecule has 4 aromatic rings. The molecule has 0 bridgehead atoms. The monoisotopic (exact) mass is 305 g/mol. The van der Waals surface area contributed by atoms with Gasteiger partial charge in [-0.15, -0.1) is 0 Å². The predicted octanol–water partition coefficient (Wildman–Crippen LogP) is 4.41. The van der Waals surface area contributed by atoms with E-state index < -0.39 is 5.63 Å². The summed E-state index contributed by atoms with van der Waals surface area (Å²) in [5, 5.41) is 1.66. The predicted molar refractivity (Wildman–Crippen MR) is 91.6 cm³/mol. The number of nitrogens with two attached hydrogens (primary N) is 1. The van der Waals surface area contributed by atoms with Crippen LogP contribution in [-0.2, 0) is 0 Å². The molecule has 0 radical (unpaired) electrons. The standard InChI is InChI=1S/C19H15NO3/c1-10-7-8-12-14(9-16(21)23-18(12)11(10)2)19-17(20)13-5-3-4-6-15(13)22-19/h3-9H,20H2,1-2H3. The lowest BCUT2D eigenvalue weighted by molar-refractivity contribution is 0.557. The van der Waals surface area contributed by atoms with Crippen LogP contribution in [0.1, 0.15) is 11.1 Å². The first-order chi connectivity index (χ1) is 11.1. The minimum absolute atomic E-state index is 0.416. The highest BCUT2D eigenvalue weighted by molar-refractivity contribution is 6.03. The Balaban J connectivity index is 2.14. The normalized spacial score (nSPS) is 11.4. The third-order valence-corrected chi connectivity index (χ3v) is 4.31. The maximum absolute atomic E-state index is 12.0. The van der Waals surface area contributed by atoms with Crippen LogP contribution in [0.2, 0.25) is 0 Å². The lowest BCUT2D eigenvalue weighted by Crippen LogP contribution is -2.00. The molecule has 2 N–H and O–H groups in total. The van der Waals surface area contributed by atoms with Crippen molar-refractivity contribution in [1.82, 2.24) is 0 Å². The van der Waals surface area contributed by atoms with E-state index in [1.54, 1.807) is 0 Å². The van der Waals surface area contributed by atoms with E-state index in [0.717, 1.165) is 21.9 Å². The average molecular weight is 305 g/mol. The van der Waals surface area contributed by atoms with Crippen LogP contribution in [0, 0.1) is 13.8 Å². The molecule has 0 unspecified atom stereocenters. The number of anilines is 1. The lowest BCUT2D eigenvalue weighted by Gasteiger charge is -2.07. The van der Waals surface area contributed by atoms with Gasteiger partial charge in [-0.2, -0.15) is 0 Å². The zero-order chi connectivity index (χ0) is 16.1. The number of hydrogen-bond donors (Lipinski definition) is 1. The number of rotatable bonds is 1. The fourth-order valence-electron chi connectivity index (χ4n) is 2.91. The lowest BCUT2D eigenvalue weighted by atomic mass is 10.0. The summed E-state index contributed by atoms with van der Waals surface area (Å²) in [6.45, 7) is 3.92. The smallest absolute Gasteiger partial charge is 0.336 e. The summed E-state index contributed by atoms with van der Waals surface area (Å²) in [6, 6.07) is 12.9. The van der Waals surface area contributed by atoms with E-state index >= 15 is 0 Å². The molecule has 2 aromatic heterocycles. The van der Waals surface area contributed by atoms with Crippen molar-refractivity contribution < 1.29 is 8.83 Å². The van der Waals surface area contributed by atoms with Gasteiger partial charge in [0, 0.05) is 22.4 Å². The molecule has 4 rings (SSSR count). The minimum atomic E-state index is -0.416. The first-order valence-electron chi connectivity index (χ1n) is 7.37. The van der Waals surface area contributed by atoms with Crippen molar-refractivity contribution >= 4 is 27.6 Å². The maximum Gasteiger partial charge on any atom is 0.336 e. The summed E-state index contributed by atoms with van der Waals surface area (Å²) in [6.07, 6.45) is 0. The Labute approximate surface area is 132 Å². The van der Waals surface area contributed by atoms with Gasteiger partial charge >= 0.3 is 5.63 Å². The van der Waals surface area contributed by atoms with Gasteiger partial charge in [0.25, 0.3) is 0 Å². The summed E-state index contributed by atoms with van der Waals surface area (Å²) in [5.41, 5.74) is 10.3. The molecule has 4 heteroatoms. The van der Waals surface area contributed by atoms with Gasteiger partial charge in [0.1, 0.15) is 11.2 Å². The number of para-hydroxylation sites is 1. The fourth-order valence-corrected chi connectivity index (χ4v) is 2.91. The quantitative estimate of drug-likeness (QED) is 0.529. The van der Waals surface area contributed by atoms with Crippen molar-refractivity contribution in [2.24, 2.45) is 0 Å². The Hall–Kier alpha value is -3.01. The molecule has 114 valence electrons. The van der Waals surface area contributed by atoms with Crippen LogP contribution >= 0.6 is 0 Å². The molecular formula is C19H15NO3. The van der Waals surface area contributed by atoms with Crippen LogP contribution in [0.25, 0.3) is 33.3 Å². The number of furan rings is 1. The van der Waals surface area contributed by atoms with Crippen LogP contribution in [0.3, 0.4) is 0 Å². The first kappa shape index (κ1) is 13.6. The van der Waals surface area contributed by atoms with E-state index in [1.807, 2.05) is 50.2 Å². The van der Waals surface area contributed by atoms with Crippen molar-refractivity contribution in [3.63, 3.8) is 0 Å². The number of benzene rings is 2. The Morgan fingerprint density at radius 2 is 1.74 bits per heavy atom. The van der Waals surface area contributed by atoms with E-state index in [9.17, 15) is 4.79 Å². The Kier molecular flexibility index (Phi) is 2.81. The van der Waals surface area contributed by atoms with E-state index in [0.29, 0.717) is 28.2 Å². The molecule has 0 aliphatic heterocycles. The Morgan fingerprint density at radius 3 is 2.52 bits per heavy atom.